The minimum Gasteiger partial charge on any atom is -0.507 e. The first-order valence-corrected chi connectivity index (χ1v) is 7.22. The summed E-state index contributed by atoms with van der Waals surface area (Å²) in [6.45, 7) is 0. The van der Waals surface area contributed by atoms with E-state index in [1.807, 2.05) is 12.1 Å². The van der Waals surface area contributed by atoms with E-state index in [0.717, 1.165) is 17.8 Å². The third kappa shape index (κ3) is 1.91. The molecule has 3 N–H and O–H groups in total. The third-order valence-corrected chi connectivity index (χ3v) is 4.59. The van der Waals surface area contributed by atoms with Crippen molar-refractivity contribution in [2.24, 2.45) is 5.92 Å². The van der Waals surface area contributed by atoms with Gasteiger partial charge in [0.25, 0.3) is 0 Å². The first-order chi connectivity index (χ1) is 10.6. The number of phenols is 1. The monoisotopic (exact) mass is 297 g/mol. The molecule has 0 amide bonds. The smallest absolute Gasteiger partial charge is 0.306 e. The Morgan fingerprint density at radius 3 is 2.77 bits per heavy atom. The van der Waals surface area contributed by atoms with Crippen LogP contribution in [0.1, 0.15) is 18.4 Å². The zero-order valence-electron chi connectivity index (χ0n) is 11.8. The minimum absolute atomic E-state index is 0.173. The number of aromatic hydroxyl groups is 1. The molecule has 6 heteroatoms. The number of carboxylic acid groups (broad SMARTS) is 1. The van der Waals surface area contributed by atoms with Crippen LogP contribution >= 0.6 is 0 Å². The molecule has 0 atom stereocenters. The molecule has 1 spiro atoms. The second kappa shape index (κ2) is 4.43. The molecule has 1 aromatic carbocycles. The number of benzene rings is 1. The van der Waals surface area contributed by atoms with Gasteiger partial charge >= 0.3 is 5.97 Å². The van der Waals surface area contributed by atoms with Crippen LogP contribution in [0.15, 0.2) is 30.3 Å². The third-order valence-electron chi connectivity index (χ3n) is 4.59. The Hall–Kier alpha value is -2.63. The van der Waals surface area contributed by atoms with Gasteiger partial charge in [-0.2, -0.15) is 0 Å². The van der Waals surface area contributed by atoms with Crippen molar-refractivity contribution >= 4 is 11.8 Å². The van der Waals surface area contributed by atoms with Gasteiger partial charge < -0.3 is 15.5 Å². The van der Waals surface area contributed by atoms with Crippen LogP contribution in [0.25, 0.3) is 11.3 Å². The average Bonchev–Trinajstić information content (AvgIpc) is 2.84. The zero-order valence-corrected chi connectivity index (χ0v) is 11.8. The fourth-order valence-electron chi connectivity index (χ4n) is 3.46. The van der Waals surface area contributed by atoms with Gasteiger partial charge in [-0.3, -0.25) is 4.79 Å². The summed E-state index contributed by atoms with van der Waals surface area (Å²) in [5, 5.41) is 30.7. The summed E-state index contributed by atoms with van der Waals surface area (Å²) in [6.07, 6.45) is 1.98. The number of anilines is 1. The van der Waals surface area contributed by atoms with E-state index in [1.54, 1.807) is 18.2 Å². The summed E-state index contributed by atoms with van der Waals surface area (Å²) >= 11 is 0. The Morgan fingerprint density at radius 2 is 2.05 bits per heavy atom. The number of hydrogen-bond donors (Lipinski definition) is 3. The largest absolute Gasteiger partial charge is 0.507 e. The van der Waals surface area contributed by atoms with Gasteiger partial charge in [0.05, 0.1) is 11.6 Å². The Labute approximate surface area is 126 Å². The van der Waals surface area contributed by atoms with Gasteiger partial charge in [0.15, 0.2) is 5.82 Å². The van der Waals surface area contributed by atoms with Crippen molar-refractivity contribution in [3.8, 4) is 17.0 Å². The van der Waals surface area contributed by atoms with E-state index < -0.39 is 5.97 Å². The lowest BCUT2D eigenvalue weighted by Gasteiger charge is -2.43. The number of aromatic nitrogens is 2. The van der Waals surface area contributed by atoms with Crippen LogP contribution in [-0.2, 0) is 11.2 Å². The molecule has 2 aliphatic rings. The lowest BCUT2D eigenvalue weighted by Crippen LogP contribution is -2.51. The summed E-state index contributed by atoms with van der Waals surface area (Å²) in [7, 11) is 0. The molecule has 1 aliphatic carbocycles. The molecule has 1 saturated carbocycles. The van der Waals surface area contributed by atoms with Gasteiger partial charge in [-0.15, -0.1) is 10.2 Å². The standard InChI is InChI=1S/C16H15N3O3/c20-13-4-2-1-3-11(13)12-5-9-6-16(17-14(9)19-18-12)7-10(8-16)15(21)22/h1-5,10,20H,6-8H2,(H,17,19)(H,21,22). The molecule has 0 bridgehead atoms. The summed E-state index contributed by atoms with van der Waals surface area (Å²) in [6, 6.07) is 8.94. The van der Waals surface area contributed by atoms with Gasteiger partial charge in [-0.05, 0) is 37.5 Å². The van der Waals surface area contributed by atoms with Gasteiger partial charge in [0.1, 0.15) is 5.75 Å². The lowest BCUT2D eigenvalue weighted by molar-refractivity contribution is -0.146. The molecule has 1 aliphatic heterocycles. The second-order valence-corrected chi connectivity index (χ2v) is 6.15. The SMILES string of the molecule is O=C(O)C1CC2(Cc3cc(-c4ccccc4O)nnc3N2)C1. The van der Waals surface area contributed by atoms with Crippen molar-refractivity contribution in [2.75, 3.05) is 5.32 Å². The van der Waals surface area contributed by atoms with Crippen molar-refractivity contribution in [1.29, 1.82) is 0 Å². The molecule has 22 heavy (non-hydrogen) atoms. The van der Waals surface area contributed by atoms with E-state index in [-0.39, 0.29) is 17.2 Å². The number of carbonyl (C=O) groups is 1. The quantitative estimate of drug-likeness (QED) is 0.785. The van der Waals surface area contributed by atoms with Crippen LogP contribution in [-0.4, -0.2) is 31.9 Å². The van der Waals surface area contributed by atoms with Crippen molar-refractivity contribution in [1.82, 2.24) is 10.2 Å². The molecule has 4 rings (SSSR count). The number of para-hydroxylation sites is 1. The lowest BCUT2D eigenvalue weighted by atomic mass is 9.67. The molecule has 1 fully saturated rings. The van der Waals surface area contributed by atoms with Crippen molar-refractivity contribution < 1.29 is 15.0 Å². The van der Waals surface area contributed by atoms with Crippen LogP contribution < -0.4 is 5.32 Å². The first-order valence-electron chi connectivity index (χ1n) is 7.22. The van der Waals surface area contributed by atoms with Crippen LogP contribution in [0.3, 0.4) is 0 Å². The normalized spacial score (nSPS) is 25.4. The molecule has 2 aromatic rings. The molecule has 0 radical (unpaired) electrons. The van der Waals surface area contributed by atoms with Crippen molar-refractivity contribution in [2.45, 2.75) is 24.8 Å². The van der Waals surface area contributed by atoms with Gasteiger partial charge in [-0.1, -0.05) is 12.1 Å². The highest BCUT2D eigenvalue weighted by molar-refractivity contribution is 5.74. The minimum atomic E-state index is -0.732. The highest BCUT2D eigenvalue weighted by Crippen LogP contribution is 2.47. The number of fused-ring (bicyclic) bond motifs is 1. The molecule has 2 heterocycles. The van der Waals surface area contributed by atoms with E-state index in [4.69, 9.17) is 5.11 Å². The van der Waals surface area contributed by atoms with Crippen LogP contribution in [0.5, 0.6) is 5.75 Å². The van der Waals surface area contributed by atoms with Gasteiger partial charge in [0.2, 0.25) is 0 Å². The topological polar surface area (TPSA) is 95.3 Å². The Kier molecular flexibility index (Phi) is 2.63. The second-order valence-electron chi connectivity index (χ2n) is 6.15. The number of rotatable bonds is 2. The molecule has 6 nitrogen and oxygen atoms in total. The Bertz CT molecular complexity index is 769. The summed E-state index contributed by atoms with van der Waals surface area (Å²) < 4.78 is 0. The number of nitrogens with one attached hydrogen (secondary N) is 1. The van der Waals surface area contributed by atoms with Crippen LogP contribution in [0, 0.1) is 5.92 Å². The number of carboxylic acids is 1. The summed E-state index contributed by atoms with van der Waals surface area (Å²) in [4.78, 5) is 11.0. The molecular formula is C16H15N3O3. The van der Waals surface area contributed by atoms with E-state index >= 15 is 0 Å². The van der Waals surface area contributed by atoms with E-state index in [1.165, 1.54) is 0 Å². The predicted molar refractivity (Wildman–Crippen MR) is 79.6 cm³/mol. The predicted octanol–water partition coefficient (Wildman–Crippen LogP) is 2.05. The Morgan fingerprint density at radius 1 is 1.27 bits per heavy atom. The maximum absolute atomic E-state index is 11.0. The summed E-state index contributed by atoms with van der Waals surface area (Å²) in [5.41, 5.74) is 2.12. The average molecular weight is 297 g/mol. The fourth-order valence-corrected chi connectivity index (χ4v) is 3.46. The molecule has 112 valence electrons. The number of hydrogen-bond acceptors (Lipinski definition) is 5. The first kappa shape index (κ1) is 13.1. The highest BCUT2D eigenvalue weighted by atomic mass is 16.4. The van der Waals surface area contributed by atoms with Gasteiger partial charge in [-0.25, -0.2) is 0 Å². The fraction of sp³-hybridized carbons (Fsp3) is 0.312. The van der Waals surface area contributed by atoms with Crippen LogP contribution in [0.2, 0.25) is 0 Å². The molecule has 1 aromatic heterocycles. The molecular weight excluding hydrogens is 282 g/mol. The molecule has 0 saturated heterocycles. The van der Waals surface area contributed by atoms with Crippen molar-refractivity contribution in [3.05, 3.63) is 35.9 Å². The maximum atomic E-state index is 11.0. The maximum Gasteiger partial charge on any atom is 0.306 e. The summed E-state index contributed by atoms with van der Waals surface area (Å²) in [5.74, 6) is -0.105. The van der Waals surface area contributed by atoms with Crippen LogP contribution in [0.4, 0.5) is 5.82 Å². The van der Waals surface area contributed by atoms with E-state index in [9.17, 15) is 9.90 Å². The number of aliphatic carboxylic acids is 1. The highest BCUT2D eigenvalue weighted by Gasteiger charge is 2.51. The van der Waals surface area contributed by atoms with E-state index in [2.05, 4.69) is 15.5 Å². The van der Waals surface area contributed by atoms with Gasteiger partial charge in [0, 0.05) is 16.7 Å². The Balaban J connectivity index is 1.61. The zero-order chi connectivity index (χ0) is 15.3. The molecule has 0 unspecified atom stereocenters. The number of nitrogens with zero attached hydrogens (tertiary/aromatic N) is 2. The van der Waals surface area contributed by atoms with E-state index in [0.29, 0.717) is 24.1 Å². The number of phenolic OH excluding ortho intramolecular Hbond substituents is 1. The van der Waals surface area contributed by atoms with Crippen molar-refractivity contribution in [3.63, 3.8) is 0 Å².